The van der Waals surface area contributed by atoms with Gasteiger partial charge < -0.3 is 14.5 Å². The standard InChI is InChI=1S/C13H15N3O4/c1-19-8-6-16-12(17)5-4-11(15-16)13(18)14-9-10-3-2-7-20-10/h2-5,7H,6,8-9H2,1H3,(H,14,18). The normalized spacial score (nSPS) is 10.4. The van der Waals surface area contributed by atoms with Gasteiger partial charge in [-0.15, -0.1) is 0 Å². The summed E-state index contributed by atoms with van der Waals surface area (Å²) in [6, 6.07) is 6.20. The van der Waals surface area contributed by atoms with Crippen molar-refractivity contribution in [3.8, 4) is 0 Å². The molecular weight excluding hydrogens is 262 g/mol. The Morgan fingerprint density at radius 3 is 3.00 bits per heavy atom. The van der Waals surface area contributed by atoms with E-state index in [1.807, 2.05) is 0 Å². The van der Waals surface area contributed by atoms with Crippen LogP contribution in [0.3, 0.4) is 0 Å². The number of hydrogen-bond acceptors (Lipinski definition) is 5. The van der Waals surface area contributed by atoms with Gasteiger partial charge >= 0.3 is 0 Å². The molecule has 7 nitrogen and oxygen atoms in total. The van der Waals surface area contributed by atoms with Crippen LogP contribution in [0.1, 0.15) is 16.2 Å². The van der Waals surface area contributed by atoms with Crippen LogP contribution in [0.5, 0.6) is 0 Å². The highest BCUT2D eigenvalue weighted by Crippen LogP contribution is 1.99. The number of nitrogens with zero attached hydrogens (tertiary/aromatic N) is 2. The predicted octanol–water partition coefficient (Wildman–Crippen LogP) is 0.413. The van der Waals surface area contributed by atoms with E-state index in [2.05, 4.69) is 10.4 Å². The van der Waals surface area contributed by atoms with E-state index in [-0.39, 0.29) is 23.7 Å². The number of hydrogen-bond donors (Lipinski definition) is 1. The molecule has 2 heterocycles. The number of methoxy groups -OCH3 is 1. The molecule has 0 aromatic carbocycles. The molecule has 2 aromatic rings. The Balaban J connectivity index is 2.03. The SMILES string of the molecule is COCCn1nc(C(=O)NCc2ccco2)ccc1=O. The summed E-state index contributed by atoms with van der Waals surface area (Å²) in [5.74, 6) is 0.277. The maximum absolute atomic E-state index is 11.9. The Morgan fingerprint density at radius 2 is 2.30 bits per heavy atom. The number of carbonyl (C=O) groups is 1. The zero-order valence-corrected chi connectivity index (χ0v) is 11.0. The molecule has 0 saturated carbocycles. The van der Waals surface area contributed by atoms with E-state index in [1.165, 1.54) is 30.2 Å². The second kappa shape index (κ2) is 6.67. The van der Waals surface area contributed by atoms with Crippen LogP contribution in [0.2, 0.25) is 0 Å². The Kier molecular flexibility index (Phi) is 4.67. The zero-order valence-electron chi connectivity index (χ0n) is 11.0. The number of rotatable bonds is 6. The van der Waals surface area contributed by atoms with E-state index in [4.69, 9.17) is 9.15 Å². The Bertz CT molecular complexity index is 619. The highest BCUT2D eigenvalue weighted by Gasteiger charge is 2.09. The largest absolute Gasteiger partial charge is 0.467 e. The summed E-state index contributed by atoms with van der Waals surface area (Å²) in [4.78, 5) is 23.5. The lowest BCUT2D eigenvalue weighted by atomic mass is 10.3. The minimum absolute atomic E-state index is 0.173. The second-order valence-corrected chi connectivity index (χ2v) is 4.03. The van der Waals surface area contributed by atoms with Crippen molar-refractivity contribution in [3.05, 3.63) is 52.3 Å². The summed E-state index contributed by atoms with van der Waals surface area (Å²) in [5.41, 5.74) is -0.100. The van der Waals surface area contributed by atoms with Gasteiger partial charge in [0.05, 0.1) is 26.0 Å². The fourth-order valence-electron chi connectivity index (χ4n) is 1.58. The van der Waals surface area contributed by atoms with E-state index in [9.17, 15) is 9.59 Å². The lowest BCUT2D eigenvalue weighted by molar-refractivity contribution is 0.0939. The molecule has 0 bridgehead atoms. The topological polar surface area (TPSA) is 86.4 Å². The van der Waals surface area contributed by atoms with Crippen molar-refractivity contribution in [1.82, 2.24) is 15.1 Å². The van der Waals surface area contributed by atoms with Gasteiger partial charge in [0.15, 0.2) is 0 Å². The highest BCUT2D eigenvalue weighted by atomic mass is 16.5. The first kappa shape index (κ1) is 14.0. The average Bonchev–Trinajstić information content (AvgIpc) is 2.97. The highest BCUT2D eigenvalue weighted by molar-refractivity contribution is 5.91. The molecular formula is C13H15N3O4. The Hall–Kier alpha value is -2.41. The molecule has 1 N–H and O–H groups in total. The molecule has 0 unspecified atom stereocenters. The fourth-order valence-corrected chi connectivity index (χ4v) is 1.58. The van der Waals surface area contributed by atoms with Crippen LogP contribution in [-0.4, -0.2) is 29.4 Å². The molecule has 0 atom stereocenters. The number of carbonyl (C=O) groups excluding carboxylic acids is 1. The smallest absolute Gasteiger partial charge is 0.272 e. The van der Waals surface area contributed by atoms with Gasteiger partial charge in [-0.2, -0.15) is 5.10 Å². The van der Waals surface area contributed by atoms with Crippen LogP contribution in [-0.2, 0) is 17.8 Å². The maximum atomic E-state index is 11.9. The number of furan rings is 1. The van der Waals surface area contributed by atoms with Gasteiger partial charge in [-0.3, -0.25) is 9.59 Å². The Labute approximate surface area is 115 Å². The molecule has 0 fully saturated rings. The summed E-state index contributed by atoms with van der Waals surface area (Å²) in [5, 5.41) is 6.65. The molecule has 7 heteroatoms. The summed E-state index contributed by atoms with van der Waals surface area (Å²) in [7, 11) is 1.53. The molecule has 0 aliphatic rings. The fraction of sp³-hybridized carbons (Fsp3) is 0.308. The molecule has 1 amide bonds. The molecule has 2 aromatic heterocycles. The van der Waals surface area contributed by atoms with Crippen molar-refractivity contribution in [1.29, 1.82) is 0 Å². The summed E-state index contributed by atoms with van der Waals surface area (Å²) in [6.07, 6.45) is 1.53. The first-order valence-electron chi connectivity index (χ1n) is 6.08. The second-order valence-electron chi connectivity index (χ2n) is 4.03. The number of nitrogens with one attached hydrogen (secondary N) is 1. The minimum atomic E-state index is -0.368. The van der Waals surface area contributed by atoms with Crippen molar-refractivity contribution in [3.63, 3.8) is 0 Å². The van der Waals surface area contributed by atoms with Crippen molar-refractivity contribution >= 4 is 5.91 Å². The summed E-state index contributed by atoms with van der Waals surface area (Å²) in [6.45, 7) is 0.920. The molecule has 2 rings (SSSR count). The van der Waals surface area contributed by atoms with E-state index in [0.717, 1.165) is 0 Å². The van der Waals surface area contributed by atoms with Crippen LogP contribution < -0.4 is 10.9 Å². The summed E-state index contributed by atoms with van der Waals surface area (Å²) < 4.78 is 11.2. The van der Waals surface area contributed by atoms with Crippen LogP contribution in [0.4, 0.5) is 0 Å². The van der Waals surface area contributed by atoms with Gasteiger partial charge in [0, 0.05) is 13.2 Å². The third-order valence-electron chi connectivity index (χ3n) is 2.61. The van der Waals surface area contributed by atoms with Gasteiger partial charge in [-0.25, -0.2) is 4.68 Å². The van der Waals surface area contributed by atoms with Crippen molar-refractivity contribution in [2.45, 2.75) is 13.1 Å². The van der Waals surface area contributed by atoms with Gasteiger partial charge in [-0.1, -0.05) is 0 Å². The molecule has 106 valence electrons. The molecule has 0 radical (unpaired) electrons. The third-order valence-corrected chi connectivity index (χ3v) is 2.61. The number of ether oxygens (including phenoxy) is 1. The number of amides is 1. The minimum Gasteiger partial charge on any atom is -0.467 e. The van der Waals surface area contributed by atoms with E-state index in [1.54, 1.807) is 12.1 Å². The predicted molar refractivity (Wildman–Crippen MR) is 70.3 cm³/mol. The molecule has 0 saturated heterocycles. The van der Waals surface area contributed by atoms with Gasteiger partial charge in [-0.05, 0) is 18.2 Å². The van der Waals surface area contributed by atoms with Crippen LogP contribution in [0, 0.1) is 0 Å². The van der Waals surface area contributed by atoms with E-state index in [0.29, 0.717) is 18.9 Å². The van der Waals surface area contributed by atoms with Crippen LogP contribution >= 0.6 is 0 Å². The van der Waals surface area contributed by atoms with Gasteiger partial charge in [0.25, 0.3) is 11.5 Å². The molecule has 0 aliphatic heterocycles. The lowest BCUT2D eigenvalue weighted by Gasteiger charge is -2.06. The van der Waals surface area contributed by atoms with E-state index >= 15 is 0 Å². The number of aromatic nitrogens is 2. The van der Waals surface area contributed by atoms with Crippen molar-refractivity contribution in [2.75, 3.05) is 13.7 Å². The quantitative estimate of drug-likeness (QED) is 0.826. The van der Waals surface area contributed by atoms with Crippen molar-refractivity contribution < 1.29 is 13.9 Å². The average molecular weight is 277 g/mol. The zero-order chi connectivity index (χ0) is 14.4. The molecule has 20 heavy (non-hydrogen) atoms. The Morgan fingerprint density at radius 1 is 1.45 bits per heavy atom. The first-order chi connectivity index (χ1) is 9.70. The van der Waals surface area contributed by atoms with Gasteiger partial charge in [0.1, 0.15) is 11.5 Å². The summed E-state index contributed by atoms with van der Waals surface area (Å²) >= 11 is 0. The van der Waals surface area contributed by atoms with Crippen molar-refractivity contribution in [2.24, 2.45) is 0 Å². The van der Waals surface area contributed by atoms with Crippen LogP contribution in [0.15, 0.2) is 39.7 Å². The van der Waals surface area contributed by atoms with Gasteiger partial charge in [0.2, 0.25) is 0 Å². The third kappa shape index (κ3) is 3.55. The maximum Gasteiger partial charge on any atom is 0.272 e. The monoisotopic (exact) mass is 277 g/mol. The lowest BCUT2D eigenvalue weighted by Crippen LogP contribution is -2.30. The van der Waals surface area contributed by atoms with E-state index < -0.39 is 0 Å². The molecule has 0 aliphatic carbocycles. The molecule has 0 spiro atoms. The first-order valence-corrected chi connectivity index (χ1v) is 6.08. The van der Waals surface area contributed by atoms with Crippen LogP contribution in [0.25, 0.3) is 0 Å².